The largest absolute Gasteiger partial charge is 0.480 e. The predicted octanol–water partition coefficient (Wildman–Crippen LogP) is -2.51. The zero-order chi connectivity index (χ0) is 22.1. The molecule has 0 aliphatic rings. The lowest BCUT2D eigenvalue weighted by Crippen LogP contribution is -2.58. The second-order valence-corrected chi connectivity index (χ2v) is 6.93. The molecule has 0 fully saturated rings. The number of carboxylic acid groups (broad SMARTS) is 1. The molecule has 1 rings (SSSR count). The second kappa shape index (κ2) is 11.1. The Labute approximate surface area is 167 Å². The van der Waals surface area contributed by atoms with Crippen molar-refractivity contribution in [2.24, 2.45) is 11.7 Å². The fourth-order valence-electron chi connectivity index (χ4n) is 2.36. The number of aromatic nitrogens is 2. The SMILES string of the molecule is CC(NC(=O)C(N)CO)C(=O)NC(C(=O)NC(Cc1cnc[nH]1)C(=O)O)C(C)C. The molecule has 1 aromatic rings. The first-order valence-electron chi connectivity index (χ1n) is 9.04. The van der Waals surface area contributed by atoms with Gasteiger partial charge in [0.15, 0.2) is 0 Å². The van der Waals surface area contributed by atoms with Crippen LogP contribution in [0.4, 0.5) is 0 Å². The summed E-state index contributed by atoms with van der Waals surface area (Å²) in [6, 6.07) is -4.44. The van der Waals surface area contributed by atoms with E-state index in [-0.39, 0.29) is 12.3 Å². The zero-order valence-electron chi connectivity index (χ0n) is 16.5. The molecule has 3 amide bonds. The van der Waals surface area contributed by atoms with Crippen molar-refractivity contribution < 1.29 is 29.4 Å². The van der Waals surface area contributed by atoms with Crippen LogP contribution in [0.2, 0.25) is 0 Å². The third kappa shape index (κ3) is 7.50. The molecule has 0 radical (unpaired) electrons. The minimum Gasteiger partial charge on any atom is -0.480 e. The summed E-state index contributed by atoms with van der Waals surface area (Å²) in [7, 11) is 0. The highest BCUT2D eigenvalue weighted by atomic mass is 16.4. The third-order valence-corrected chi connectivity index (χ3v) is 4.13. The topological polar surface area (TPSA) is 200 Å². The Morgan fingerprint density at radius 1 is 1.10 bits per heavy atom. The number of hydrogen-bond acceptors (Lipinski definition) is 7. The van der Waals surface area contributed by atoms with Crippen LogP contribution in [0.25, 0.3) is 0 Å². The number of nitrogens with zero attached hydrogens (tertiary/aromatic N) is 1. The first-order chi connectivity index (χ1) is 13.6. The van der Waals surface area contributed by atoms with Crippen LogP contribution in [0.5, 0.6) is 0 Å². The lowest BCUT2D eigenvalue weighted by molar-refractivity contribution is -0.142. The monoisotopic (exact) mass is 412 g/mol. The fourth-order valence-corrected chi connectivity index (χ4v) is 2.36. The summed E-state index contributed by atoms with van der Waals surface area (Å²) in [5.41, 5.74) is 5.91. The number of carbonyl (C=O) groups is 4. The van der Waals surface area contributed by atoms with Crippen LogP contribution in [-0.4, -0.2) is 74.6 Å². The molecule has 162 valence electrons. The molecule has 29 heavy (non-hydrogen) atoms. The summed E-state index contributed by atoms with van der Waals surface area (Å²) < 4.78 is 0. The highest BCUT2D eigenvalue weighted by molar-refractivity contribution is 5.94. The Bertz CT molecular complexity index is 707. The van der Waals surface area contributed by atoms with Crippen molar-refractivity contribution in [3.05, 3.63) is 18.2 Å². The van der Waals surface area contributed by atoms with E-state index in [1.807, 2.05) is 0 Å². The standard InChI is InChI=1S/C17H28N6O6/c1-8(2)13(23-14(25)9(3)21-15(26)11(18)6-24)16(27)22-12(17(28)29)4-10-5-19-7-20-10/h5,7-9,11-13,24H,4,6,18H2,1-3H3,(H,19,20)(H,21,26)(H,22,27)(H,23,25)(H,28,29). The number of carboxylic acids is 1. The number of aliphatic hydroxyl groups is 1. The Morgan fingerprint density at radius 2 is 1.76 bits per heavy atom. The molecule has 0 bridgehead atoms. The smallest absolute Gasteiger partial charge is 0.326 e. The minimum atomic E-state index is -1.24. The number of hydrogen-bond donors (Lipinski definition) is 7. The van der Waals surface area contributed by atoms with Crippen molar-refractivity contribution >= 4 is 23.7 Å². The number of aliphatic hydroxyl groups excluding tert-OH is 1. The van der Waals surface area contributed by atoms with Crippen LogP contribution in [0.3, 0.4) is 0 Å². The van der Waals surface area contributed by atoms with E-state index in [0.29, 0.717) is 5.69 Å². The third-order valence-electron chi connectivity index (χ3n) is 4.13. The van der Waals surface area contributed by atoms with E-state index in [4.69, 9.17) is 10.8 Å². The molecule has 8 N–H and O–H groups in total. The van der Waals surface area contributed by atoms with Crippen LogP contribution in [-0.2, 0) is 25.6 Å². The van der Waals surface area contributed by atoms with Crippen molar-refractivity contribution in [3.8, 4) is 0 Å². The normalized spacial score (nSPS) is 15.1. The second-order valence-electron chi connectivity index (χ2n) is 6.93. The van der Waals surface area contributed by atoms with Gasteiger partial charge < -0.3 is 36.9 Å². The molecule has 12 heteroatoms. The maximum absolute atomic E-state index is 12.6. The van der Waals surface area contributed by atoms with Crippen LogP contribution < -0.4 is 21.7 Å². The highest BCUT2D eigenvalue weighted by Gasteiger charge is 2.30. The average Bonchev–Trinajstić information content (AvgIpc) is 3.16. The number of nitrogens with two attached hydrogens (primary N) is 1. The van der Waals surface area contributed by atoms with E-state index in [0.717, 1.165) is 0 Å². The number of aromatic amines is 1. The van der Waals surface area contributed by atoms with E-state index in [9.17, 15) is 24.3 Å². The number of nitrogens with one attached hydrogen (secondary N) is 4. The quantitative estimate of drug-likeness (QED) is 0.206. The van der Waals surface area contributed by atoms with Gasteiger partial charge in [0.05, 0.1) is 12.9 Å². The Balaban J connectivity index is 2.76. The Morgan fingerprint density at radius 3 is 2.24 bits per heavy atom. The summed E-state index contributed by atoms with van der Waals surface area (Å²) in [5, 5.41) is 25.5. The van der Waals surface area contributed by atoms with Crippen LogP contribution in [0.1, 0.15) is 26.5 Å². The molecule has 0 aliphatic heterocycles. The average molecular weight is 412 g/mol. The predicted molar refractivity (Wildman–Crippen MR) is 101 cm³/mol. The number of H-pyrrole nitrogens is 1. The lowest BCUT2D eigenvalue weighted by Gasteiger charge is -2.25. The van der Waals surface area contributed by atoms with E-state index >= 15 is 0 Å². The summed E-state index contributed by atoms with van der Waals surface area (Å²) in [6.45, 7) is 4.18. The van der Waals surface area contributed by atoms with E-state index in [1.54, 1.807) is 13.8 Å². The van der Waals surface area contributed by atoms with E-state index in [2.05, 4.69) is 25.9 Å². The van der Waals surface area contributed by atoms with Crippen LogP contribution >= 0.6 is 0 Å². The summed E-state index contributed by atoms with van der Waals surface area (Å²) in [4.78, 5) is 54.7. The number of aliphatic carboxylic acids is 1. The van der Waals surface area contributed by atoms with Gasteiger partial charge in [0.2, 0.25) is 17.7 Å². The molecule has 4 unspecified atom stereocenters. The molecule has 0 aliphatic carbocycles. The molecule has 12 nitrogen and oxygen atoms in total. The molecular formula is C17H28N6O6. The van der Waals surface area contributed by atoms with Crippen molar-refractivity contribution in [2.45, 2.75) is 51.4 Å². The van der Waals surface area contributed by atoms with Gasteiger partial charge in [0.25, 0.3) is 0 Å². The number of carbonyl (C=O) groups excluding carboxylic acids is 3. The number of imidazole rings is 1. The number of rotatable bonds is 11. The van der Waals surface area contributed by atoms with Crippen molar-refractivity contribution in [2.75, 3.05) is 6.61 Å². The van der Waals surface area contributed by atoms with Crippen molar-refractivity contribution in [3.63, 3.8) is 0 Å². The van der Waals surface area contributed by atoms with Gasteiger partial charge in [-0.1, -0.05) is 13.8 Å². The van der Waals surface area contributed by atoms with Gasteiger partial charge in [0, 0.05) is 18.3 Å². The van der Waals surface area contributed by atoms with Gasteiger partial charge in [-0.15, -0.1) is 0 Å². The summed E-state index contributed by atoms with van der Waals surface area (Å²) >= 11 is 0. The maximum Gasteiger partial charge on any atom is 0.326 e. The molecule has 0 aromatic carbocycles. The van der Waals surface area contributed by atoms with Crippen LogP contribution in [0, 0.1) is 5.92 Å². The molecule has 4 atom stereocenters. The van der Waals surface area contributed by atoms with Gasteiger partial charge in [-0.05, 0) is 12.8 Å². The molecular weight excluding hydrogens is 384 g/mol. The van der Waals surface area contributed by atoms with Gasteiger partial charge in [-0.25, -0.2) is 9.78 Å². The zero-order valence-corrected chi connectivity index (χ0v) is 16.5. The highest BCUT2D eigenvalue weighted by Crippen LogP contribution is 2.05. The molecule has 0 spiro atoms. The summed E-state index contributed by atoms with van der Waals surface area (Å²) in [5.74, 6) is -3.64. The van der Waals surface area contributed by atoms with Gasteiger partial charge in [-0.2, -0.15) is 0 Å². The maximum atomic E-state index is 12.6. The van der Waals surface area contributed by atoms with E-state index in [1.165, 1.54) is 19.4 Å². The number of amides is 3. The lowest BCUT2D eigenvalue weighted by atomic mass is 10.0. The molecule has 1 heterocycles. The Kier molecular flexibility index (Phi) is 9.22. The Hall–Kier alpha value is -2.99. The first-order valence-corrected chi connectivity index (χ1v) is 9.04. The van der Waals surface area contributed by atoms with E-state index < -0.39 is 54.5 Å². The van der Waals surface area contributed by atoms with Crippen molar-refractivity contribution in [1.82, 2.24) is 25.9 Å². The van der Waals surface area contributed by atoms with Crippen molar-refractivity contribution in [1.29, 1.82) is 0 Å². The molecule has 1 aromatic heterocycles. The van der Waals surface area contributed by atoms with Gasteiger partial charge in [0.1, 0.15) is 24.2 Å². The van der Waals surface area contributed by atoms with Gasteiger partial charge in [-0.3, -0.25) is 14.4 Å². The fraction of sp³-hybridized carbons (Fsp3) is 0.588. The minimum absolute atomic E-state index is 0.00859. The molecule has 0 saturated heterocycles. The first kappa shape index (κ1) is 24.0. The van der Waals surface area contributed by atoms with Gasteiger partial charge >= 0.3 is 5.97 Å². The van der Waals surface area contributed by atoms with Crippen LogP contribution in [0.15, 0.2) is 12.5 Å². The molecule has 0 saturated carbocycles. The summed E-state index contributed by atoms with van der Waals surface area (Å²) in [6.07, 6.45) is 2.84.